The Bertz CT molecular complexity index is 423. The quantitative estimate of drug-likeness (QED) is 0.841. The van der Waals surface area contributed by atoms with Crippen molar-refractivity contribution in [2.24, 2.45) is 5.92 Å². The normalized spacial score (nSPS) is 35.3. The zero-order valence-corrected chi connectivity index (χ0v) is 13.3. The molecule has 1 saturated heterocycles. The molecule has 2 nitrogen and oxygen atoms in total. The number of benzene rings is 1. The highest BCUT2D eigenvalue weighted by Gasteiger charge is 2.40. The first-order chi connectivity index (χ1) is 9.11. The molecule has 2 fully saturated rings. The Hall–Kier alpha value is -0.380. The number of rotatable bonds is 3. The third kappa shape index (κ3) is 3.39. The molecule has 1 aliphatic heterocycles. The lowest BCUT2D eigenvalue weighted by atomic mass is 10.1. The van der Waals surface area contributed by atoms with E-state index in [-0.39, 0.29) is 0 Å². The van der Waals surface area contributed by atoms with E-state index in [1.165, 1.54) is 23.0 Å². The molecule has 1 aliphatic carbocycles. The van der Waals surface area contributed by atoms with Crippen LogP contribution in [-0.4, -0.2) is 36.7 Å². The van der Waals surface area contributed by atoms with Gasteiger partial charge in [-0.1, -0.05) is 28.1 Å². The van der Waals surface area contributed by atoms with Crippen molar-refractivity contribution in [2.45, 2.75) is 38.4 Å². The summed E-state index contributed by atoms with van der Waals surface area (Å²) in [6.45, 7) is 7.78. The van der Waals surface area contributed by atoms with Crippen LogP contribution in [0, 0.1) is 5.92 Å². The summed E-state index contributed by atoms with van der Waals surface area (Å²) in [4.78, 5) is 2.59. The third-order valence-corrected chi connectivity index (χ3v) is 4.74. The van der Waals surface area contributed by atoms with Gasteiger partial charge >= 0.3 is 0 Å². The fraction of sp³-hybridized carbons (Fsp3) is 0.625. The van der Waals surface area contributed by atoms with Crippen LogP contribution in [0.1, 0.15) is 31.7 Å². The summed E-state index contributed by atoms with van der Waals surface area (Å²) in [6, 6.07) is 8.84. The van der Waals surface area contributed by atoms with E-state index in [1.54, 1.807) is 0 Å². The van der Waals surface area contributed by atoms with Crippen molar-refractivity contribution in [1.29, 1.82) is 0 Å². The van der Waals surface area contributed by atoms with E-state index >= 15 is 0 Å². The highest BCUT2D eigenvalue weighted by atomic mass is 79.9. The SMILES string of the molecule is C[C@@H]1CN(C[C@@H]2C[C@@H]2c2ccc(Br)cc2)C[C@H](C)O1. The maximum absolute atomic E-state index is 5.80. The number of halogens is 1. The molecular formula is C16H22BrNO. The molecular weight excluding hydrogens is 302 g/mol. The van der Waals surface area contributed by atoms with Gasteiger partial charge in [0.2, 0.25) is 0 Å². The van der Waals surface area contributed by atoms with Crippen LogP contribution in [0.25, 0.3) is 0 Å². The maximum Gasteiger partial charge on any atom is 0.0678 e. The van der Waals surface area contributed by atoms with Crippen LogP contribution in [0.15, 0.2) is 28.7 Å². The second kappa shape index (κ2) is 5.55. The summed E-state index contributed by atoms with van der Waals surface area (Å²) in [5, 5.41) is 0. The summed E-state index contributed by atoms with van der Waals surface area (Å²) in [5.74, 6) is 1.63. The van der Waals surface area contributed by atoms with E-state index in [1.807, 2.05) is 0 Å². The van der Waals surface area contributed by atoms with Crippen molar-refractivity contribution in [3.63, 3.8) is 0 Å². The van der Waals surface area contributed by atoms with Gasteiger partial charge in [0.05, 0.1) is 12.2 Å². The van der Waals surface area contributed by atoms with Gasteiger partial charge in [-0.15, -0.1) is 0 Å². The number of ether oxygens (including phenoxy) is 1. The Morgan fingerprint density at radius 3 is 2.42 bits per heavy atom. The fourth-order valence-corrected chi connectivity index (χ4v) is 3.60. The summed E-state index contributed by atoms with van der Waals surface area (Å²) < 4.78 is 6.97. The lowest BCUT2D eigenvalue weighted by Gasteiger charge is -2.35. The van der Waals surface area contributed by atoms with E-state index in [4.69, 9.17) is 4.74 Å². The highest BCUT2D eigenvalue weighted by Crippen LogP contribution is 2.48. The molecule has 3 heteroatoms. The van der Waals surface area contributed by atoms with Gasteiger partial charge in [-0.25, -0.2) is 0 Å². The van der Waals surface area contributed by atoms with Crippen LogP contribution in [0.2, 0.25) is 0 Å². The van der Waals surface area contributed by atoms with Crippen molar-refractivity contribution in [3.8, 4) is 0 Å². The number of nitrogens with zero attached hydrogens (tertiary/aromatic N) is 1. The fourth-order valence-electron chi connectivity index (χ4n) is 3.33. The van der Waals surface area contributed by atoms with Crippen molar-refractivity contribution >= 4 is 15.9 Å². The molecule has 1 heterocycles. The minimum Gasteiger partial charge on any atom is -0.373 e. The maximum atomic E-state index is 5.80. The Kier molecular flexibility index (Phi) is 3.97. The first kappa shape index (κ1) is 13.6. The molecule has 1 aromatic rings. The summed E-state index contributed by atoms with van der Waals surface area (Å²) >= 11 is 3.50. The Balaban J connectivity index is 1.54. The highest BCUT2D eigenvalue weighted by molar-refractivity contribution is 9.10. The lowest BCUT2D eigenvalue weighted by molar-refractivity contribution is -0.0690. The average molecular weight is 324 g/mol. The van der Waals surface area contributed by atoms with E-state index in [2.05, 4.69) is 58.9 Å². The smallest absolute Gasteiger partial charge is 0.0678 e. The molecule has 3 rings (SSSR count). The van der Waals surface area contributed by atoms with Crippen molar-refractivity contribution in [2.75, 3.05) is 19.6 Å². The average Bonchev–Trinajstić information content (AvgIpc) is 3.08. The van der Waals surface area contributed by atoms with Crippen molar-refractivity contribution < 1.29 is 4.74 Å². The van der Waals surface area contributed by atoms with Crippen LogP contribution in [-0.2, 0) is 4.74 Å². The molecule has 0 aromatic heterocycles. The lowest BCUT2D eigenvalue weighted by Crippen LogP contribution is -2.46. The van der Waals surface area contributed by atoms with Crippen LogP contribution in [0.5, 0.6) is 0 Å². The molecule has 0 radical (unpaired) electrons. The first-order valence-corrected chi connectivity index (χ1v) is 8.04. The standard InChI is InChI=1S/C16H22BrNO/c1-11-8-18(9-12(2)19-11)10-14-7-16(14)13-3-5-15(17)6-4-13/h3-6,11-12,14,16H,7-10H2,1-2H3/t11-,12+,14-,16+/m0/s1. The van der Waals surface area contributed by atoms with Crippen molar-refractivity contribution in [3.05, 3.63) is 34.3 Å². The molecule has 0 unspecified atom stereocenters. The largest absolute Gasteiger partial charge is 0.373 e. The molecule has 19 heavy (non-hydrogen) atoms. The molecule has 0 bridgehead atoms. The topological polar surface area (TPSA) is 12.5 Å². The predicted molar refractivity (Wildman–Crippen MR) is 81.4 cm³/mol. The molecule has 1 saturated carbocycles. The summed E-state index contributed by atoms with van der Waals surface area (Å²) in [7, 11) is 0. The van der Waals surface area contributed by atoms with Gasteiger partial charge in [-0.3, -0.25) is 4.90 Å². The van der Waals surface area contributed by atoms with Crippen LogP contribution < -0.4 is 0 Å². The van der Waals surface area contributed by atoms with E-state index in [9.17, 15) is 0 Å². The number of morpholine rings is 1. The Labute approximate surface area is 124 Å². The molecule has 1 aromatic carbocycles. The third-order valence-electron chi connectivity index (χ3n) is 4.21. The monoisotopic (exact) mass is 323 g/mol. The van der Waals surface area contributed by atoms with E-state index in [0.29, 0.717) is 12.2 Å². The van der Waals surface area contributed by atoms with Crippen LogP contribution in [0.3, 0.4) is 0 Å². The molecule has 0 amide bonds. The van der Waals surface area contributed by atoms with E-state index in [0.717, 1.165) is 24.9 Å². The van der Waals surface area contributed by atoms with E-state index < -0.39 is 0 Å². The number of hydrogen-bond acceptors (Lipinski definition) is 2. The van der Waals surface area contributed by atoms with Gasteiger partial charge in [0.1, 0.15) is 0 Å². The minimum atomic E-state index is 0.383. The van der Waals surface area contributed by atoms with Gasteiger partial charge in [-0.2, -0.15) is 0 Å². The Morgan fingerprint density at radius 1 is 1.16 bits per heavy atom. The molecule has 0 N–H and O–H groups in total. The zero-order chi connectivity index (χ0) is 13.4. The van der Waals surface area contributed by atoms with Crippen molar-refractivity contribution in [1.82, 2.24) is 4.90 Å². The first-order valence-electron chi connectivity index (χ1n) is 7.25. The van der Waals surface area contributed by atoms with Gasteiger partial charge in [0.25, 0.3) is 0 Å². The molecule has 4 atom stereocenters. The van der Waals surface area contributed by atoms with Gasteiger partial charge in [0.15, 0.2) is 0 Å². The molecule has 104 valence electrons. The molecule has 2 aliphatic rings. The molecule has 0 spiro atoms. The van der Waals surface area contributed by atoms with Crippen LogP contribution in [0.4, 0.5) is 0 Å². The summed E-state index contributed by atoms with van der Waals surface area (Å²) in [5.41, 5.74) is 1.50. The van der Waals surface area contributed by atoms with Crippen LogP contribution >= 0.6 is 15.9 Å². The van der Waals surface area contributed by atoms with Gasteiger partial charge < -0.3 is 4.74 Å². The predicted octanol–water partition coefficient (Wildman–Crippen LogP) is 3.66. The summed E-state index contributed by atoms with van der Waals surface area (Å²) in [6.07, 6.45) is 2.11. The van der Waals surface area contributed by atoms with Gasteiger partial charge in [-0.05, 0) is 49.8 Å². The second-order valence-corrected chi connectivity index (χ2v) is 7.05. The van der Waals surface area contributed by atoms with Gasteiger partial charge in [0, 0.05) is 24.1 Å². The number of hydrogen-bond donors (Lipinski definition) is 0. The Morgan fingerprint density at radius 2 is 1.79 bits per heavy atom. The minimum absolute atomic E-state index is 0.383. The zero-order valence-electron chi connectivity index (χ0n) is 11.7. The second-order valence-electron chi connectivity index (χ2n) is 6.13.